The van der Waals surface area contributed by atoms with E-state index in [0.717, 1.165) is 24.0 Å². The molecule has 0 spiro atoms. The number of hydrogen-bond donors (Lipinski definition) is 0. The van der Waals surface area contributed by atoms with E-state index in [2.05, 4.69) is 53.0 Å². The average Bonchev–Trinajstić information content (AvgIpc) is 3.20. The number of thiophene rings is 1. The Morgan fingerprint density at radius 1 is 1.00 bits per heavy atom. The molecule has 0 atom stereocenters. The van der Waals surface area contributed by atoms with Gasteiger partial charge in [-0.2, -0.15) is 11.3 Å². The van der Waals surface area contributed by atoms with E-state index >= 15 is 0 Å². The van der Waals surface area contributed by atoms with Crippen LogP contribution in [0, 0.1) is 0 Å². The summed E-state index contributed by atoms with van der Waals surface area (Å²) in [5.41, 5.74) is 4.77. The number of rotatable bonds is 8. The number of hydrogen-bond acceptors (Lipinski definition) is 3. The van der Waals surface area contributed by atoms with Crippen LogP contribution in [0.4, 0.5) is 0 Å². The fraction of sp³-hybridized carbons (Fsp3) is 0.273. The lowest BCUT2D eigenvalue weighted by atomic mass is 10.1. The lowest BCUT2D eigenvalue weighted by molar-refractivity contribution is -0.132. The minimum Gasteiger partial charge on any atom is -0.334 e. The predicted molar refractivity (Wildman–Crippen MR) is 107 cm³/mol. The van der Waals surface area contributed by atoms with Crippen molar-refractivity contribution in [3.8, 4) is 0 Å². The van der Waals surface area contributed by atoms with Gasteiger partial charge in [-0.3, -0.25) is 9.78 Å². The molecule has 3 nitrogen and oxygen atoms in total. The maximum absolute atomic E-state index is 12.9. The molecule has 0 aliphatic rings. The molecule has 0 saturated heterocycles. The molecular formula is C22H24N2OS. The number of carbonyl (C=O) groups excluding carboxylic acids is 1. The molecule has 0 unspecified atom stereocenters. The van der Waals surface area contributed by atoms with Gasteiger partial charge in [0, 0.05) is 31.9 Å². The van der Waals surface area contributed by atoms with Crippen LogP contribution in [0.15, 0.2) is 65.6 Å². The van der Waals surface area contributed by atoms with E-state index in [1.54, 1.807) is 17.5 Å². The Kier molecular flexibility index (Phi) is 6.56. The van der Waals surface area contributed by atoms with Crippen molar-refractivity contribution in [1.29, 1.82) is 0 Å². The summed E-state index contributed by atoms with van der Waals surface area (Å²) in [6.45, 7) is 3.37. The molecule has 0 N–H and O–H groups in total. The third-order valence-electron chi connectivity index (χ3n) is 4.46. The first kappa shape index (κ1) is 18.3. The van der Waals surface area contributed by atoms with E-state index in [1.807, 2.05) is 23.2 Å². The van der Waals surface area contributed by atoms with Crippen molar-refractivity contribution in [3.05, 3.63) is 87.9 Å². The van der Waals surface area contributed by atoms with Crippen LogP contribution in [0.2, 0.25) is 0 Å². The first-order chi connectivity index (χ1) is 12.7. The summed E-state index contributed by atoms with van der Waals surface area (Å²) in [5.74, 6) is 0.180. The van der Waals surface area contributed by atoms with Crippen LogP contribution in [-0.4, -0.2) is 15.8 Å². The molecule has 26 heavy (non-hydrogen) atoms. The molecule has 1 aromatic carbocycles. The number of nitrogens with zero attached hydrogens (tertiary/aromatic N) is 2. The standard InChI is InChI=1S/C22H24N2OS/c1-2-18-5-7-19(8-6-18)15-24(16-21-4-3-12-23-14-21)22(25)10-9-20-11-13-26-17-20/h3-8,11-14,17H,2,9-10,15-16H2,1H3. The second kappa shape index (κ2) is 9.30. The van der Waals surface area contributed by atoms with Gasteiger partial charge in [0.25, 0.3) is 0 Å². The van der Waals surface area contributed by atoms with Crippen molar-refractivity contribution in [2.45, 2.75) is 39.3 Å². The highest BCUT2D eigenvalue weighted by Gasteiger charge is 2.15. The van der Waals surface area contributed by atoms with Crippen molar-refractivity contribution in [2.24, 2.45) is 0 Å². The lowest BCUT2D eigenvalue weighted by Gasteiger charge is -2.23. The van der Waals surface area contributed by atoms with Crippen LogP contribution < -0.4 is 0 Å². The molecule has 0 radical (unpaired) electrons. The molecule has 134 valence electrons. The molecule has 0 fully saturated rings. The SMILES string of the molecule is CCc1ccc(CN(Cc2cccnc2)C(=O)CCc2ccsc2)cc1. The Morgan fingerprint density at radius 3 is 2.42 bits per heavy atom. The first-order valence-electron chi connectivity index (χ1n) is 9.00. The second-order valence-corrected chi connectivity index (χ2v) is 7.19. The molecule has 2 aromatic heterocycles. The minimum atomic E-state index is 0.180. The van der Waals surface area contributed by atoms with E-state index in [1.165, 1.54) is 11.1 Å². The molecule has 0 saturated carbocycles. The van der Waals surface area contributed by atoms with Gasteiger partial charge in [-0.15, -0.1) is 0 Å². The van der Waals surface area contributed by atoms with E-state index in [4.69, 9.17) is 0 Å². The molecule has 0 aliphatic carbocycles. The van der Waals surface area contributed by atoms with Crippen LogP contribution in [0.3, 0.4) is 0 Å². The summed E-state index contributed by atoms with van der Waals surface area (Å²) in [4.78, 5) is 19.0. The Labute approximate surface area is 159 Å². The third kappa shape index (κ3) is 5.27. The molecule has 3 aromatic rings. The summed E-state index contributed by atoms with van der Waals surface area (Å²) in [6, 6.07) is 14.6. The molecule has 3 rings (SSSR count). The largest absolute Gasteiger partial charge is 0.334 e. The van der Waals surface area contributed by atoms with Crippen LogP contribution in [-0.2, 0) is 30.7 Å². The number of aryl methyl sites for hydroxylation is 2. The molecule has 1 amide bonds. The van der Waals surface area contributed by atoms with E-state index in [0.29, 0.717) is 19.5 Å². The van der Waals surface area contributed by atoms with Crippen molar-refractivity contribution < 1.29 is 4.79 Å². The number of benzene rings is 1. The third-order valence-corrected chi connectivity index (χ3v) is 5.19. The van der Waals surface area contributed by atoms with Gasteiger partial charge in [0.1, 0.15) is 0 Å². The van der Waals surface area contributed by atoms with E-state index in [9.17, 15) is 4.79 Å². The summed E-state index contributed by atoms with van der Waals surface area (Å²) < 4.78 is 0. The highest BCUT2D eigenvalue weighted by molar-refractivity contribution is 7.07. The minimum absolute atomic E-state index is 0.180. The first-order valence-corrected chi connectivity index (χ1v) is 9.94. The smallest absolute Gasteiger partial charge is 0.223 e. The summed E-state index contributed by atoms with van der Waals surface area (Å²) >= 11 is 1.68. The predicted octanol–water partition coefficient (Wildman–Crippen LogP) is 4.87. The highest BCUT2D eigenvalue weighted by atomic mass is 32.1. The fourth-order valence-corrected chi connectivity index (χ4v) is 3.59. The molecule has 0 aliphatic heterocycles. The zero-order valence-electron chi connectivity index (χ0n) is 15.1. The van der Waals surface area contributed by atoms with Gasteiger partial charge in [-0.05, 0) is 58.0 Å². The van der Waals surface area contributed by atoms with Gasteiger partial charge in [-0.1, -0.05) is 37.3 Å². The Balaban J connectivity index is 1.70. The Morgan fingerprint density at radius 2 is 1.77 bits per heavy atom. The maximum Gasteiger partial charge on any atom is 0.223 e. The molecule has 4 heteroatoms. The van der Waals surface area contributed by atoms with Crippen LogP contribution in [0.25, 0.3) is 0 Å². The number of aromatic nitrogens is 1. The molecule has 0 bridgehead atoms. The summed E-state index contributed by atoms with van der Waals surface area (Å²) in [7, 11) is 0. The maximum atomic E-state index is 12.9. The van der Waals surface area contributed by atoms with Gasteiger partial charge in [0.05, 0.1) is 0 Å². The Bertz CT molecular complexity index is 798. The molecular weight excluding hydrogens is 340 g/mol. The second-order valence-electron chi connectivity index (χ2n) is 6.41. The summed E-state index contributed by atoms with van der Waals surface area (Å²) in [5, 5.41) is 4.17. The lowest BCUT2D eigenvalue weighted by Crippen LogP contribution is -2.30. The van der Waals surface area contributed by atoms with Crippen LogP contribution in [0.5, 0.6) is 0 Å². The van der Waals surface area contributed by atoms with Gasteiger partial charge in [0.2, 0.25) is 5.91 Å². The number of pyridine rings is 1. The highest BCUT2D eigenvalue weighted by Crippen LogP contribution is 2.15. The normalized spacial score (nSPS) is 10.7. The van der Waals surface area contributed by atoms with Crippen molar-refractivity contribution in [3.63, 3.8) is 0 Å². The van der Waals surface area contributed by atoms with E-state index < -0.39 is 0 Å². The van der Waals surface area contributed by atoms with Crippen LogP contribution in [0.1, 0.15) is 35.6 Å². The van der Waals surface area contributed by atoms with E-state index in [-0.39, 0.29) is 5.91 Å². The number of amides is 1. The summed E-state index contributed by atoms with van der Waals surface area (Å²) in [6.07, 6.45) is 5.94. The van der Waals surface area contributed by atoms with Crippen LogP contribution >= 0.6 is 11.3 Å². The fourth-order valence-electron chi connectivity index (χ4n) is 2.89. The molecule has 2 heterocycles. The van der Waals surface area contributed by atoms with Crippen molar-refractivity contribution in [2.75, 3.05) is 0 Å². The number of carbonyl (C=O) groups is 1. The topological polar surface area (TPSA) is 33.2 Å². The quantitative estimate of drug-likeness (QED) is 0.571. The Hall–Kier alpha value is -2.46. The zero-order chi connectivity index (χ0) is 18.2. The van der Waals surface area contributed by atoms with Gasteiger partial charge in [-0.25, -0.2) is 0 Å². The van der Waals surface area contributed by atoms with Gasteiger partial charge < -0.3 is 4.90 Å². The van der Waals surface area contributed by atoms with Crippen molar-refractivity contribution in [1.82, 2.24) is 9.88 Å². The van der Waals surface area contributed by atoms with Gasteiger partial charge in [0.15, 0.2) is 0 Å². The zero-order valence-corrected chi connectivity index (χ0v) is 15.9. The van der Waals surface area contributed by atoms with Gasteiger partial charge >= 0.3 is 0 Å². The monoisotopic (exact) mass is 364 g/mol. The average molecular weight is 365 g/mol. The van der Waals surface area contributed by atoms with Crippen molar-refractivity contribution >= 4 is 17.2 Å².